The number of rotatable bonds is 12. The van der Waals surface area contributed by atoms with Crippen LogP contribution in [0.1, 0.15) is 85.6 Å². The Morgan fingerprint density at radius 1 is 0.582 bits per heavy atom. The molecule has 288 valence electrons. The number of benzene rings is 4. The van der Waals surface area contributed by atoms with Gasteiger partial charge in [0, 0.05) is 47.6 Å². The average molecular weight is 821 g/mol. The second kappa shape index (κ2) is 22.4. The van der Waals surface area contributed by atoms with Gasteiger partial charge in [0.1, 0.15) is 17.6 Å². The maximum Gasteiger partial charge on any atom is 0.139 e. The maximum absolute atomic E-state index is 9.54. The van der Waals surface area contributed by atoms with Gasteiger partial charge in [-0.25, -0.2) is 0 Å². The SMILES string of the molecule is CC(O)c1ccccn1.CC(Oc1cc(CN[C@H](C)c2cccc(Cl)c2)ccc1Cl)c1ccccn1.C[C@@H](NCc1ccc(Cl)c(O)c1)c1cccc(Cl)c1. The van der Waals surface area contributed by atoms with Gasteiger partial charge in [-0.05, 0) is 123 Å². The molecule has 4 N–H and O–H groups in total. The number of hydrogen-bond donors (Lipinski definition) is 4. The molecule has 11 heteroatoms. The lowest BCUT2D eigenvalue weighted by Gasteiger charge is -2.18. The van der Waals surface area contributed by atoms with Crippen molar-refractivity contribution in [3.05, 3.63) is 187 Å². The molecule has 6 aromatic rings. The number of aliphatic hydroxyl groups excluding tert-OH is 1. The van der Waals surface area contributed by atoms with Crippen LogP contribution in [0.2, 0.25) is 20.1 Å². The van der Waals surface area contributed by atoms with E-state index in [0.29, 0.717) is 28.9 Å². The standard InChI is InChI=1S/C22H22Cl2N2O.C15H15Cl2NO.C7H9NO/c1-15(18-6-5-7-19(23)13-18)26-14-17-9-10-20(24)22(12-17)27-16(2)21-8-3-4-11-25-21;1-10(12-3-2-4-13(16)8-12)18-9-11-5-6-14(17)15(19)7-11;1-6(9)7-4-2-3-5-8-7/h3-13,15-16,26H,14H2,1-2H3;2-8,10,18-19H,9H2,1H3;2-6,9H,1H3/t15-,16?;10-;/m11./s1. The number of halogens is 4. The first-order valence-electron chi connectivity index (χ1n) is 17.8. The lowest BCUT2D eigenvalue weighted by atomic mass is 10.1. The fraction of sp³-hybridized carbons (Fsp3) is 0.227. The molecule has 0 saturated heterocycles. The summed E-state index contributed by atoms with van der Waals surface area (Å²) in [5.41, 5.74) is 5.94. The minimum absolute atomic E-state index is 0.108. The molecule has 2 aromatic heterocycles. The van der Waals surface area contributed by atoms with Crippen LogP contribution in [0.4, 0.5) is 0 Å². The third-order valence-corrected chi connectivity index (χ3v) is 9.55. The van der Waals surface area contributed by atoms with Crippen molar-refractivity contribution in [2.24, 2.45) is 0 Å². The van der Waals surface area contributed by atoms with Crippen LogP contribution < -0.4 is 15.4 Å². The zero-order valence-corrected chi connectivity index (χ0v) is 34.2. The summed E-state index contributed by atoms with van der Waals surface area (Å²) in [5, 5.41) is 27.8. The maximum atomic E-state index is 9.54. The molecule has 2 heterocycles. The first-order chi connectivity index (χ1) is 26.4. The molecule has 4 aromatic carbocycles. The third kappa shape index (κ3) is 14.8. The van der Waals surface area contributed by atoms with Gasteiger partial charge in [0.05, 0.1) is 27.5 Å². The number of aliphatic hydroxyl groups is 1. The summed E-state index contributed by atoms with van der Waals surface area (Å²) in [6.45, 7) is 9.19. The highest BCUT2D eigenvalue weighted by molar-refractivity contribution is 6.32. The molecule has 0 saturated carbocycles. The lowest BCUT2D eigenvalue weighted by molar-refractivity contribution is 0.194. The van der Waals surface area contributed by atoms with Crippen LogP contribution in [0.5, 0.6) is 11.5 Å². The van der Waals surface area contributed by atoms with Gasteiger partial charge in [-0.1, -0.05) is 94.9 Å². The topological polar surface area (TPSA) is 99.5 Å². The quantitative estimate of drug-likeness (QED) is 0.0976. The summed E-state index contributed by atoms with van der Waals surface area (Å²) in [4.78, 5) is 8.26. The lowest BCUT2D eigenvalue weighted by Crippen LogP contribution is -2.18. The van der Waals surface area contributed by atoms with Gasteiger partial charge in [-0.3, -0.25) is 9.97 Å². The van der Waals surface area contributed by atoms with E-state index in [-0.39, 0.29) is 23.9 Å². The molecule has 0 aliphatic heterocycles. The van der Waals surface area contributed by atoms with Crippen molar-refractivity contribution in [3.8, 4) is 11.5 Å². The summed E-state index contributed by atoms with van der Waals surface area (Å²) >= 11 is 24.1. The van der Waals surface area contributed by atoms with E-state index in [0.717, 1.165) is 43.7 Å². The van der Waals surface area contributed by atoms with Crippen molar-refractivity contribution in [1.82, 2.24) is 20.6 Å². The Bertz CT molecular complexity index is 2060. The van der Waals surface area contributed by atoms with Crippen molar-refractivity contribution in [2.45, 2.75) is 65.1 Å². The van der Waals surface area contributed by atoms with E-state index < -0.39 is 6.10 Å². The molecule has 0 aliphatic carbocycles. The highest BCUT2D eigenvalue weighted by atomic mass is 35.5. The number of nitrogens with zero attached hydrogens (tertiary/aromatic N) is 2. The van der Waals surface area contributed by atoms with Gasteiger partial charge in [0.15, 0.2) is 0 Å². The van der Waals surface area contributed by atoms with E-state index in [2.05, 4.69) is 40.5 Å². The fourth-order valence-corrected chi connectivity index (χ4v) is 5.91. The minimum atomic E-state index is -0.453. The monoisotopic (exact) mass is 818 g/mol. The fourth-order valence-electron chi connectivity index (χ4n) is 5.24. The highest BCUT2D eigenvalue weighted by Crippen LogP contribution is 2.30. The molecule has 7 nitrogen and oxygen atoms in total. The van der Waals surface area contributed by atoms with Crippen LogP contribution in [0.3, 0.4) is 0 Å². The summed E-state index contributed by atoms with van der Waals surface area (Å²) in [5.74, 6) is 0.765. The molecule has 0 radical (unpaired) electrons. The first kappa shape index (κ1) is 43.5. The Balaban J connectivity index is 0.000000207. The van der Waals surface area contributed by atoms with E-state index in [1.807, 2.05) is 104 Å². The Labute approximate surface area is 344 Å². The smallest absolute Gasteiger partial charge is 0.139 e. The number of aromatic nitrogens is 2. The predicted molar refractivity (Wildman–Crippen MR) is 226 cm³/mol. The molecule has 4 atom stereocenters. The van der Waals surface area contributed by atoms with Crippen LogP contribution in [0.15, 0.2) is 134 Å². The molecule has 6 rings (SSSR count). The normalized spacial score (nSPS) is 12.9. The van der Waals surface area contributed by atoms with Gasteiger partial charge in [0.25, 0.3) is 0 Å². The van der Waals surface area contributed by atoms with E-state index in [4.69, 9.17) is 56.2 Å². The molecule has 0 aliphatic rings. The number of ether oxygens (including phenoxy) is 1. The van der Waals surface area contributed by atoms with Crippen molar-refractivity contribution in [3.63, 3.8) is 0 Å². The zero-order valence-electron chi connectivity index (χ0n) is 31.1. The number of hydrogen-bond acceptors (Lipinski definition) is 7. The van der Waals surface area contributed by atoms with Crippen molar-refractivity contribution < 1.29 is 14.9 Å². The Morgan fingerprint density at radius 3 is 1.55 bits per heavy atom. The van der Waals surface area contributed by atoms with E-state index >= 15 is 0 Å². The summed E-state index contributed by atoms with van der Waals surface area (Å²) in [6.07, 6.45) is 2.79. The number of phenols is 1. The summed E-state index contributed by atoms with van der Waals surface area (Å²) in [7, 11) is 0. The number of aromatic hydroxyl groups is 1. The van der Waals surface area contributed by atoms with Crippen molar-refractivity contribution in [1.29, 1.82) is 0 Å². The molecule has 0 fully saturated rings. The Morgan fingerprint density at radius 2 is 1.09 bits per heavy atom. The highest BCUT2D eigenvalue weighted by Gasteiger charge is 2.13. The van der Waals surface area contributed by atoms with Gasteiger partial charge in [0.2, 0.25) is 0 Å². The van der Waals surface area contributed by atoms with Gasteiger partial charge < -0.3 is 25.6 Å². The largest absolute Gasteiger partial charge is 0.506 e. The van der Waals surface area contributed by atoms with Crippen molar-refractivity contribution >= 4 is 46.4 Å². The van der Waals surface area contributed by atoms with Crippen LogP contribution in [-0.2, 0) is 13.1 Å². The van der Waals surface area contributed by atoms with E-state index in [9.17, 15) is 5.11 Å². The molecule has 2 unspecified atom stereocenters. The van der Waals surface area contributed by atoms with Crippen LogP contribution in [0, 0.1) is 0 Å². The molecule has 0 bridgehead atoms. The van der Waals surface area contributed by atoms with Crippen LogP contribution >= 0.6 is 46.4 Å². The Hall–Kier alpha value is -4.18. The van der Waals surface area contributed by atoms with Crippen LogP contribution in [0.25, 0.3) is 0 Å². The molecule has 0 amide bonds. The Kier molecular flexibility index (Phi) is 17.7. The second-order valence-corrected chi connectivity index (χ2v) is 14.5. The molecular weight excluding hydrogens is 774 g/mol. The summed E-state index contributed by atoms with van der Waals surface area (Å²) < 4.78 is 6.04. The zero-order chi connectivity index (χ0) is 39.7. The first-order valence-corrected chi connectivity index (χ1v) is 19.3. The molecular formula is C44H46Cl4N4O3. The van der Waals surface area contributed by atoms with Crippen LogP contribution in [-0.4, -0.2) is 20.2 Å². The number of phenolic OH excluding ortho intramolecular Hbond substituents is 1. The number of nitrogens with one attached hydrogen (secondary N) is 2. The third-order valence-electron chi connectivity index (χ3n) is 8.45. The number of pyridine rings is 2. The predicted octanol–water partition coefficient (Wildman–Crippen LogP) is 12.1. The van der Waals surface area contributed by atoms with Gasteiger partial charge >= 0.3 is 0 Å². The van der Waals surface area contributed by atoms with E-state index in [1.165, 1.54) is 0 Å². The van der Waals surface area contributed by atoms with E-state index in [1.54, 1.807) is 37.5 Å². The average Bonchev–Trinajstić information content (AvgIpc) is 3.19. The second-order valence-electron chi connectivity index (χ2n) is 12.8. The van der Waals surface area contributed by atoms with Crippen molar-refractivity contribution in [2.75, 3.05) is 0 Å². The minimum Gasteiger partial charge on any atom is -0.506 e. The molecule has 0 spiro atoms. The summed E-state index contributed by atoms with van der Waals surface area (Å²) in [6, 6.07) is 38.3. The van der Waals surface area contributed by atoms with Gasteiger partial charge in [-0.2, -0.15) is 0 Å². The molecule has 55 heavy (non-hydrogen) atoms. The van der Waals surface area contributed by atoms with Gasteiger partial charge in [-0.15, -0.1) is 0 Å².